The number of halogens is 2. The molecule has 0 unspecified atom stereocenters. The van der Waals surface area contributed by atoms with Gasteiger partial charge in [0.05, 0.1) is 19.7 Å². The molecule has 0 amide bonds. The Morgan fingerprint density at radius 2 is 2.05 bits per heavy atom. The van der Waals surface area contributed by atoms with Crippen LogP contribution in [0.3, 0.4) is 0 Å². The topological polar surface area (TPSA) is 137 Å². The lowest BCUT2D eigenvalue weighted by molar-refractivity contribution is -0.0198. The molecule has 0 saturated heterocycles. The van der Waals surface area contributed by atoms with Crippen molar-refractivity contribution in [3.8, 4) is 0 Å². The largest absolute Gasteiger partial charge is 0.395 e. The Labute approximate surface area is 123 Å². The van der Waals surface area contributed by atoms with Crippen LogP contribution in [-0.2, 0) is 13.1 Å². The number of fused-ring (bicyclic) bond motifs is 1. The van der Waals surface area contributed by atoms with Crippen molar-refractivity contribution in [3.63, 3.8) is 0 Å². The fourth-order valence-electron chi connectivity index (χ4n) is 2.12. The lowest BCUT2D eigenvalue weighted by Crippen LogP contribution is -2.32. The molecule has 11 heteroatoms. The van der Waals surface area contributed by atoms with Crippen LogP contribution in [0.2, 0.25) is 0 Å². The van der Waals surface area contributed by atoms with E-state index in [1.165, 1.54) is 6.92 Å². The normalized spacial score (nSPS) is 12.0. The Bertz CT molecular complexity index is 740. The number of nitrogen functional groups attached to an aromatic ring is 2. The highest BCUT2D eigenvalue weighted by molar-refractivity contribution is 5.84. The van der Waals surface area contributed by atoms with Gasteiger partial charge in [0.2, 0.25) is 5.95 Å². The highest BCUT2D eigenvalue weighted by Gasteiger charge is 2.31. The standard InChI is InChI=1S/C11H17F2N7O2/c1-2-11(12,13)5-20-6-7(18-15)16-9(14)17-8(6)19(3-4-21)10(20)22/h21H,2-5,15H2,1H3,(H3,14,16,17,18). The van der Waals surface area contributed by atoms with Crippen molar-refractivity contribution in [2.75, 3.05) is 17.8 Å². The number of aliphatic hydroxyl groups is 1. The number of rotatable bonds is 6. The average molecular weight is 317 g/mol. The summed E-state index contributed by atoms with van der Waals surface area (Å²) < 4.78 is 29.3. The van der Waals surface area contributed by atoms with Crippen LogP contribution in [0.1, 0.15) is 13.3 Å². The number of alkyl halides is 2. The van der Waals surface area contributed by atoms with E-state index in [1.54, 1.807) is 0 Å². The van der Waals surface area contributed by atoms with E-state index >= 15 is 0 Å². The lowest BCUT2D eigenvalue weighted by Gasteiger charge is -2.15. The fraction of sp³-hybridized carbons (Fsp3) is 0.545. The minimum absolute atomic E-state index is 0.0169. The zero-order valence-electron chi connectivity index (χ0n) is 11.9. The van der Waals surface area contributed by atoms with Crippen molar-refractivity contribution in [3.05, 3.63) is 10.5 Å². The van der Waals surface area contributed by atoms with Gasteiger partial charge in [0.1, 0.15) is 5.52 Å². The van der Waals surface area contributed by atoms with E-state index in [2.05, 4.69) is 15.4 Å². The molecule has 0 aliphatic carbocycles. The third-order valence-corrected chi connectivity index (χ3v) is 3.24. The molecule has 22 heavy (non-hydrogen) atoms. The molecule has 2 rings (SSSR count). The van der Waals surface area contributed by atoms with Crippen LogP contribution in [0, 0.1) is 0 Å². The smallest absolute Gasteiger partial charge is 0.330 e. The molecule has 0 saturated carbocycles. The maximum Gasteiger partial charge on any atom is 0.330 e. The molecule has 0 aliphatic rings. The summed E-state index contributed by atoms with van der Waals surface area (Å²) >= 11 is 0. The number of aliphatic hydroxyl groups excluding tert-OH is 1. The third kappa shape index (κ3) is 2.72. The summed E-state index contributed by atoms with van der Waals surface area (Å²) in [6.07, 6.45) is -0.437. The van der Waals surface area contributed by atoms with Gasteiger partial charge in [-0.25, -0.2) is 19.4 Å². The van der Waals surface area contributed by atoms with Crippen LogP contribution in [0.4, 0.5) is 20.5 Å². The highest BCUT2D eigenvalue weighted by atomic mass is 19.3. The number of imidazole rings is 1. The molecular formula is C11H17F2N7O2. The number of nitrogens with zero attached hydrogens (tertiary/aromatic N) is 4. The van der Waals surface area contributed by atoms with Crippen molar-refractivity contribution in [2.45, 2.75) is 32.4 Å². The fourth-order valence-corrected chi connectivity index (χ4v) is 2.12. The van der Waals surface area contributed by atoms with Gasteiger partial charge in [-0.2, -0.15) is 9.97 Å². The molecule has 0 bridgehead atoms. The first-order valence-electron chi connectivity index (χ1n) is 6.56. The van der Waals surface area contributed by atoms with Gasteiger partial charge in [-0.1, -0.05) is 6.92 Å². The first-order valence-corrected chi connectivity index (χ1v) is 6.56. The number of aromatic nitrogens is 4. The molecule has 0 radical (unpaired) electrons. The van der Waals surface area contributed by atoms with Gasteiger partial charge in [-0.3, -0.25) is 9.13 Å². The van der Waals surface area contributed by atoms with Crippen LogP contribution >= 0.6 is 0 Å². The van der Waals surface area contributed by atoms with E-state index in [1.807, 2.05) is 0 Å². The second kappa shape index (κ2) is 5.85. The molecule has 0 spiro atoms. The minimum atomic E-state index is -3.09. The van der Waals surface area contributed by atoms with E-state index in [0.717, 1.165) is 9.13 Å². The Morgan fingerprint density at radius 1 is 1.36 bits per heavy atom. The molecule has 0 fully saturated rings. The quantitative estimate of drug-likeness (QED) is 0.416. The molecule has 9 nitrogen and oxygen atoms in total. The minimum Gasteiger partial charge on any atom is -0.395 e. The summed E-state index contributed by atoms with van der Waals surface area (Å²) in [5.74, 6) is 2.02. The summed E-state index contributed by atoms with van der Waals surface area (Å²) in [6.45, 7) is -0.00722. The second-order valence-corrected chi connectivity index (χ2v) is 4.70. The molecular weight excluding hydrogens is 300 g/mol. The molecule has 122 valence electrons. The van der Waals surface area contributed by atoms with Crippen molar-refractivity contribution in [1.29, 1.82) is 0 Å². The summed E-state index contributed by atoms with van der Waals surface area (Å²) in [7, 11) is 0. The molecule has 6 N–H and O–H groups in total. The number of nitrogens with one attached hydrogen (secondary N) is 1. The number of anilines is 2. The average Bonchev–Trinajstić information content (AvgIpc) is 2.72. The molecule has 0 aromatic carbocycles. The van der Waals surface area contributed by atoms with Crippen molar-refractivity contribution >= 4 is 22.9 Å². The van der Waals surface area contributed by atoms with E-state index in [0.29, 0.717) is 0 Å². The van der Waals surface area contributed by atoms with E-state index in [-0.39, 0.29) is 36.1 Å². The summed E-state index contributed by atoms with van der Waals surface area (Å²) in [5.41, 5.74) is 7.06. The third-order valence-electron chi connectivity index (χ3n) is 3.24. The second-order valence-electron chi connectivity index (χ2n) is 4.70. The number of hydrazine groups is 1. The zero-order chi connectivity index (χ0) is 16.5. The van der Waals surface area contributed by atoms with Gasteiger partial charge in [0.25, 0.3) is 5.92 Å². The Balaban J connectivity index is 2.79. The Kier molecular flexibility index (Phi) is 4.28. The molecule has 2 aromatic heterocycles. The summed E-state index contributed by atoms with van der Waals surface area (Å²) in [4.78, 5) is 20.1. The van der Waals surface area contributed by atoms with Gasteiger partial charge >= 0.3 is 5.69 Å². The highest BCUT2D eigenvalue weighted by Crippen LogP contribution is 2.25. The van der Waals surface area contributed by atoms with Gasteiger partial charge in [-0.15, -0.1) is 0 Å². The summed E-state index contributed by atoms with van der Waals surface area (Å²) in [5, 5.41) is 9.06. The molecule has 2 heterocycles. The maximum absolute atomic E-state index is 13.7. The monoisotopic (exact) mass is 317 g/mol. The van der Waals surface area contributed by atoms with E-state index < -0.39 is 24.6 Å². The maximum atomic E-state index is 13.7. The SMILES string of the molecule is CCC(F)(F)Cn1c(=O)n(CCO)c2nc(N)nc(NN)c21. The van der Waals surface area contributed by atoms with Crippen LogP contribution in [0.15, 0.2) is 4.79 Å². The summed E-state index contributed by atoms with van der Waals surface area (Å²) in [6, 6.07) is 0. The Morgan fingerprint density at radius 3 is 2.59 bits per heavy atom. The van der Waals surface area contributed by atoms with E-state index in [9.17, 15) is 13.6 Å². The van der Waals surface area contributed by atoms with Crippen molar-refractivity contribution in [1.82, 2.24) is 19.1 Å². The van der Waals surface area contributed by atoms with Gasteiger partial charge in [0, 0.05) is 6.42 Å². The van der Waals surface area contributed by atoms with Gasteiger partial charge < -0.3 is 16.3 Å². The van der Waals surface area contributed by atoms with Crippen LogP contribution in [-0.4, -0.2) is 36.7 Å². The van der Waals surface area contributed by atoms with Gasteiger partial charge in [0.15, 0.2) is 11.5 Å². The first-order chi connectivity index (χ1) is 10.3. The lowest BCUT2D eigenvalue weighted by atomic mass is 10.2. The molecule has 0 atom stereocenters. The zero-order valence-corrected chi connectivity index (χ0v) is 11.9. The van der Waals surface area contributed by atoms with Crippen molar-refractivity contribution in [2.24, 2.45) is 5.84 Å². The molecule has 0 aliphatic heterocycles. The van der Waals surface area contributed by atoms with E-state index in [4.69, 9.17) is 16.7 Å². The Hall–Kier alpha value is -2.27. The van der Waals surface area contributed by atoms with Crippen molar-refractivity contribution < 1.29 is 13.9 Å². The van der Waals surface area contributed by atoms with Crippen LogP contribution < -0.4 is 22.7 Å². The predicted octanol–water partition coefficient (Wildman–Crippen LogP) is -0.502. The molecule has 2 aromatic rings. The van der Waals surface area contributed by atoms with Crippen LogP contribution in [0.5, 0.6) is 0 Å². The number of nitrogens with two attached hydrogens (primary N) is 2. The first kappa shape index (κ1) is 16.1. The predicted molar refractivity (Wildman–Crippen MR) is 76.3 cm³/mol. The van der Waals surface area contributed by atoms with Crippen LogP contribution in [0.25, 0.3) is 11.2 Å². The number of hydrogen-bond donors (Lipinski definition) is 4. The number of hydrogen-bond acceptors (Lipinski definition) is 7. The van der Waals surface area contributed by atoms with Gasteiger partial charge in [-0.05, 0) is 0 Å².